The fourth-order valence-corrected chi connectivity index (χ4v) is 1.52. The number of hydrogen-bond donors (Lipinski definition) is 0. The standard InChI is InChI=1S/C13H26O2/c1-5-8-9-15-13(14)12(7-3)10-11(4)6-2/h11-12H,5-10H2,1-4H3. The van der Waals surface area contributed by atoms with Crippen LogP contribution in [0, 0.1) is 11.8 Å². The van der Waals surface area contributed by atoms with Crippen LogP contribution in [0.3, 0.4) is 0 Å². The summed E-state index contributed by atoms with van der Waals surface area (Å²) in [5.41, 5.74) is 0. The van der Waals surface area contributed by atoms with E-state index in [2.05, 4.69) is 27.7 Å². The maximum atomic E-state index is 11.7. The zero-order chi connectivity index (χ0) is 11.7. The van der Waals surface area contributed by atoms with Gasteiger partial charge in [0.05, 0.1) is 12.5 Å². The van der Waals surface area contributed by atoms with Gasteiger partial charge >= 0.3 is 5.97 Å². The molecule has 2 nitrogen and oxygen atoms in total. The minimum atomic E-state index is 0.00579. The quantitative estimate of drug-likeness (QED) is 0.454. The van der Waals surface area contributed by atoms with Gasteiger partial charge in [-0.25, -0.2) is 0 Å². The largest absolute Gasteiger partial charge is 0.465 e. The molecule has 0 saturated carbocycles. The maximum Gasteiger partial charge on any atom is 0.308 e. The van der Waals surface area contributed by atoms with Crippen molar-refractivity contribution in [3.8, 4) is 0 Å². The van der Waals surface area contributed by atoms with Gasteiger partial charge in [0.2, 0.25) is 0 Å². The van der Waals surface area contributed by atoms with Gasteiger partial charge in [-0.2, -0.15) is 0 Å². The van der Waals surface area contributed by atoms with Crippen molar-refractivity contribution < 1.29 is 9.53 Å². The van der Waals surface area contributed by atoms with Crippen molar-refractivity contribution >= 4 is 5.97 Å². The Balaban J connectivity index is 3.88. The Morgan fingerprint density at radius 2 is 1.87 bits per heavy atom. The van der Waals surface area contributed by atoms with Crippen LogP contribution in [0.2, 0.25) is 0 Å². The number of rotatable bonds is 8. The van der Waals surface area contributed by atoms with E-state index in [0.717, 1.165) is 32.1 Å². The molecule has 0 aliphatic rings. The van der Waals surface area contributed by atoms with Gasteiger partial charge in [0.1, 0.15) is 0 Å². The van der Waals surface area contributed by atoms with Crippen LogP contribution in [-0.2, 0) is 9.53 Å². The van der Waals surface area contributed by atoms with Crippen molar-refractivity contribution in [3.63, 3.8) is 0 Å². The summed E-state index contributed by atoms with van der Waals surface area (Å²) in [4.78, 5) is 11.7. The average molecular weight is 214 g/mol. The number of unbranched alkanes of at least 4 members (excludes halogenated alkanes) is 1. The van der Waals surface area contributed by atoms with Crippen LogP contribution in [0.1, 0.15) is 59.8 Å². The summed E-state index contributed by atoms with van der Waals surface area (Å²) in [5, 5.41) is 0. The Morgan fingerprint density at radius 3 is 2.33 bits per heavy atom. The minimum Gasteiger partial charge on any atom is -0.465 e. The van der Waals surface area contributed by atoms with Gasteiger partial charge in [-0.15, -0.1) is 0 Å². The van der Waals surface area contributed by atoms with E-state index in [1.807, 2.05) is 0 Å². The topological polar surface area (TPSA) is 26.3 Å². The van der Waals surface area contributed by atoms with Crippen molar-refractivity contribution in [2.24, 2.45) is 11.8 Å². The second kappa shape index (κ2) is 8.75. The lowest BCUT2D eigenvalue weighted by atomic mass is 9.92. The summed E-state index contributed by atoms with van der Waals surface area (Å²) < 4.78 is 5.24. The normalized spacial score (nSPS) is 14.7. The Labute approximate surface area is 94.4 Å². The molecular formula is C13H26O2. The van der Waals surface area contributed by atoms with Gasteiger partial charge in [0.15, 0.2) is 0 Å². The molecule has 0 saturated heterocycles. The summed E-state index contributed by atoms with van der Waals surface area (Å²) in [5.74, 6) is 0.733. The van der Waals surface area contributed by atoms with Crippen molar-refractivity contribution in [2.75, 3.05) is 6.61 Å². The Bertz CT molecular complexity index is 166. The third-order valence-electron chi connectivity index (χ3n) is 2.95. The molecule has 2 atom stereocenters. The Morgan fingerprint density at radius 1 is 1.20 bits per heavy atom. The number of carbonyl (C=O) groups is 1. The van der Waals surface area contributed by atoms with Crippen LogP contribution in [0.4, 0.5) is 0 Å². The number of esters is 1. The highest BCUT2D eigenvalue weighted by molar-refractivity contribution is 5.72. The predicted octanol–water partition coefficient (Wildman–Crippen LogP) is 3.79. The highest BCUT2D eigenvalue weighted by Crippen LogP contribution is 2.19. The predicted molar refractivity (Wildman–Crippen MR) is 63.7 cm³/mol. The molecule has 0 radical (unpaired) electrons. The summed E-state index contributed by atoms with van der Waals surface area (Å²) in [6.45, 7) is 9.12. The van der Waals surface area contributed by atoms with Gasteiger partial charge in [-0.1, -0.05) is 40.5 Å². The number of ether oxygens (including phenoxy) is 1. The summed E-state index contributed by atoms with van der Waals surface area (Å²) >= 11 is 0. The van der Waals surface area contributed by atoms with E-state index in [0.29, 0.717) is 12.5 Å². The van der Waals surface area contributed by atoms with Crippen molar-refractivity contribution in [2.45, 2.75) is 59.8 Å². The first-order chi connectivity index (χ1) is 7.15. The van der Waals surface area contributed by atoms with Crippen molar-refractivity contribution in [1.29, 1.82) is 0 Å². The number of carbonyl (C=O) groups excluding carboxylic acids is 1. The highest BCUT2D eigenvalue weighted by atomic mass is 16.5. The monoisotopic (exact) mass is 214 g/mol. The lowest BCUT2D eigenvalue weighted by Crippen LogP contribution is -2.20. The molecular weight excluding hydrogens is 188 g/mol. The molecule has 0 aromatic carbocycles. The van der Waals surface area contributed by atoms with E-state index >= 15 is 0 Å². The van der Waals surface area contributed by atoms with Crippen LogP contribution in [0.15, 0.2) is 0 Å². The first-order valence-electron chi connectivity index (χ1n) is 6.32. The molecule has 0 aromatic rings. The third-order valence-corrected chi connectivity index (χ3v) is 2.95. The first kappa shape index (κ1) is 14.5. The molecule has 15 heavy (non-hydrogen) atoms. The molecule has 0 aliphatic heterocycles. The summed E-state index contributed by atoms with van der Waals surface area (Å²) in [6, 6.07) is 0. The molecule has 0 bridgehead atoms. The van der Waals surface area contributed by atoms with E-state index in [-0.39, 0.29) is 11.9 Å². The van der Waals surface area contributed by atoms with E-state index in [1.165, 1.54) is 0 Å². The molecule has 0 N–H and O–H groups in total. The molecule has 2 heteroatoms. The van der Waals surface area contributed by atoms with Crippen LogP contribution < -0.4 is 0 Å². The van der Waals surface area contributed by atoms with Gasteiger partial charge in [-0.3, -0.25) is 4.79 Å². The molecule has 0 aromatic heterocycles. The van der Waals surface area contributed by atoms with E-state index < -0.39 is 0 Å². The Hall–Kier alpha value is -0.530. The highest BCUT2D eigenvalue weighted by Gasteiger charge is 2.19. The van der Waals surface area contributed by atoms with Crippen LogP contribution in [-0.4, -0.2) is 12.6 Å². The van der Waals surface area contributed by atoms with Crippen LogP contribution in [0.25, 0.3) is 0 Å². The molecule has 90 valence electrons. The SMILES string of the molecule is CCCCOC(=O)C(CC)CC(C)CC. The molecule has 0 spiro atoms. The molecule has 0 aliphatic carbocycles. The van der Waals surface area contributed by atoms with Crippen LogP contribution in [0.5, 0.6) is 0 Å². The molecule has 0 rings (SSSR count). The lowest BCUT2D eigenvalue weighted by molar-refractivity contribution is -0.149. The molecule has 0 fully saturated rings. The maximum absolute atomic E-state index is 11.7. The zero-order valence-corrected chi connectivity index (χ0v) is 10.7. The van der Waals surface area contributed by atoms with E-state index in [4.69, 9.17) is 4.74 Å². The van der Waals surface area contributed by atoms with Crippen molar-refractivity contribution in [1.82, 2.24) is 0 Å². The molecule has 2 unspecified atom stereocenters. The first-order valence-corrected chi connectivity index (χ1v) is 6.32. The Kier molecular flexibility index (Phi) is 8.44. The number of hydrogen-bond acceptors (Lipinski definition) is 2. The van der Waals surface area contributed by atoms with E-state index in [9.17, 15) is 4.79 Å². The van der Waals surface area contributed by atoms with E-state index in [1.54, 1.807) is 0 Å². The summed E-state index contributed by atoms with van der Waals surface area (Å²) in [6.07, 6.45) is 5.06. The van der Waals surface area contributed by atoms with Gasteiger partial charge in [0, 0.05) is 0 Å². The minimum absolute atomic E-state index is 0.00579. The second-order valence-electron chi connectivity index (χ2n) is 4.38. The zero-order valence-electron chi connectivity index (χ0n) is 10.7. The molecule has 0 amide bonds. The van der Waals surface area contributed by atoms with Gasteiger partial charge in [0.25, 0.3) is 0 Å². The smallest absolute Gasteiger partial charge is 0.308 e. The second-order valence-corrected chi connectivity index (χ2v) is 4.38. The van der Waals surface area contributed by atoms with Gasteiger partial charge < -0.3 is 4.74 Å². The lowest BCUT2D eigenvalue weighted by Gasteiger charge is -2.17. The van der Waals surface area contributed by atoms with Crippen molar-refractivity contribution in [3.05, 3.63) is 0 Å². The fourth-order valence-electron chi connectivity index (χ4n) is 1.52. The molecule has 0 heterocycles. The van der Waals surface area contributed by atoms with Crippen LogP contribution >= 0.6 is 0 Å². The van der Waals surface area contributed by atoms with Gasteiger partial charge in [-0.05, 0) is 25.2 Å². The summed E-state index contributed by atoms with van der Waals surface area (Å²) in [7, 11) is 0. The third kappa shape index (κ3) is 6.53. The fraction of sp³-hybridized carbons (Fsp3) is 0.923. The average Bonchev–Trinajstić information content (AvgIpc) is 2.25.